The summed E-state index contributed by atoms with van der Waals surface area (Å²) in [5, 5.41) is -0.165. The zero-order chi connectivity index (χ0) is 9.14. The third-order valence-corrected chi connectivity index (χ3v) is 3.99. The molecule has 0 spiro atoms. The van der Waals surface area contributed by atoms with Gasteiger partial charge in [-0.05, 0) is 13.8 Å². The Kier molecular flexibility index (Phi) is 3.46. The van der Waals surface area contributed by atoms with E-state index in [1.807, 2.05) is 0 Å². The molecular formula is C7H12N2OS2. The zero-order valence-electron chi connectivity index (χ0n) is 7.11. The first-order valence-electron chi connectivity index (χ1n) is 3.76. The predicted molar refractivity (Wildman–Crippen MR) is 55.6 cm³/mol. The topological polar surface area (TPSA) is 55.5 Å². The molecule has 2 unspecified atom stereocenters. The predicted octanol–water partition coefficient (Wildman–Crippen LogP) is 1.08. The van der Waals surface area contributed by atoms with Crippen LogP contribution < -0.4 is 5.73 Å². The lowest BCUT2D eigenvalue weighted by Gasteiger charge is -2.04. The molecular weight excluding hydrogens is 192 g/mol. The summed E-state index contributed by atoms with van der Waals surface area (Å²) in [7, 11) is 0. The Balaban J connectivity index is 2.41. The van der Waals surface area contributed by atoms with Crippen LogP contribution in [0.5, 0.6) is 0 Å². The van der Waals surface area contributed by atoms with Gasteiger partial charge in [0, 0.05) is 5.75 Å². The summed E-state index contributed by atoms with van der Waals surface area (Å²) in [6, 6.07) is 0.387. The van der Waals surface area contributed by atoms with E-state index in [1.165, 1.54) is 11.8 Å². The van der Waals surface area contributed by atoms with Crippen LogP contribution in [0.15, 0.2) is 4.99 Å². The lowest BCUT2D eigenvalue weighted by molar-refractivity contribution is -0.117. The molecule has 0 fully saturated rings. The summed E-state index contributed by atoms with van der Waals surface area (Å²) in [6.45, 7) is 3.87. The van der Waals surface area contributed by atoms with Crippen LogP contribution >= 0.6 is 23.5 Å². The van der Waals surface area contributed by atoms with Crippen molar-refractivity contribution in [3.8, 4) is 0 Å². The Morgan fingerprint density at radius 1 is 1.92 bits per heavy atom. The van der Waals surface area contributed by atoms with E-state index >= 15 is 0 Å². The molecule has 1 aliphatic rings. The largest absolute Gasteiger partial charge is 0.369 e. The first-order chi connectivity index (χ1) is 5.59. The van der Waals surface area contributed by atoms with Gasteiger partial charge in [0.15, 0.2) is 0 Å². The van der Waals surface area contributed by atoms with Gasteiger partial charge in [-0.3, -0.25) is 9.79 Å². The Morgan fingerprint density at radius 2 is 2.58 bits per heavy atom. The summed E-state index contributed by atoms with van der Waals surface area (Å²) in [4.78, 5) is 15.1. The molecule has 1 amide bonds. The van der Waals surface area contributed by atoms with E-state index in [-0.39, 0.29) is 11.2 Å². The standard InChI is InChI=1S/C7H12N2OS2/c1-4-3-11-7(9-4)12-5(2)6(8)10/h4-5H,3H2,1-2H3,(H2,8,10). The summed E-state index contributed by atoms with van der Waals surface area (Å²) < 4.78 is 0.994. The molecule has 0 aromatic carbocycles. The first-order valence-corrected chi connectivity index (χ1v) is 5.62. The highest BCUT2D eigenvalue weighted by Crippen LogP contribution is 2.28. The van der Waals surface area contributed by atoms with E-state index in [4.69, 9.17) is 5.73 Å². The van der Waals surface area contributed by atoms with Crippen LogP contribution in [0.4, 0.5) is 0 Å². The minimum absolute atomic E-state index is 0.165. The van der Waals surface area contributed by atoms with Crippen LogP contribution in [-0.2, 0) is 4.79 Å². The summed E-state index contributed by atoms with van der Waals surface area (Å²) in [5.41, 5.74) is 5.12. The van der Waals surface area contributed by atoms with Crippen molar-refractivity contribution >= 4 is 33.8 Å². The molecule has 68 valence electrons. The van der Waals surface area contributed by atoms with E-state index < -0.39 is 0 Å². The number of hydrogen-bond acceptors (Lipinski definition) is 4. The number of nitrogens with two attached hydrogens (primary N) is 1. The molecule has 1 aliphatic heterocycles. The summed E-state index contributed by atoms with van der Waals surface area (Å²) >= 11 is 3.16. The van der Waals surface area contributed by atoms with Crippen LogP contribution in [-0.4, -0.2) is 27.3 Å². The van der Waals surface area contributed by atoms with Gasteiger partial charge < -0.3 is 5.73 Å². The molecule has 5 heteroatoms. The second-order valence-corrected chi connectivity index (χ2v) is 5.31. The number of aliphatic imine (C=N–C) groups is 1. The van der Waals surface area contributed by atoms with Crippen LogP contribution in [0, 0.1) is 0 Å². The molecule has 0 radical (unpaired) electrons. The highest BCUT2D eigenvalue weighted by molar-refractivity contribution is 8.39. The number of rotatable bonds is 2. The molecule has 0 saturated heterocycles. The van der Waals surface area contributed by atoms with Crippen LogP contribution in [0.2, 0.25) is 0 Å². The molecule has 2 atom stereocenters. The molecule has 2 N–H and O–H groups in total. The van der Waals surface area contributed by atoms with E-state index in [1.54, 1.807) is 18.7 Å². The van der Waals surface area contributed by atoms with Gasteiger partial charge in [-0.25, -0.2) is 0 Å². The van der Waals surface area contributed by atoms with Gasteiger partial charge in [0.1, 0.15) is 4.38 Å². The minimum Gasteiger partial charge on any atom is -0.369 e. The molecule has 3 nitrogen and oxygen atoms in total. The maximum absolute atomic E-state index is 10.7. The second kappa shape index (κ2) is 4.18. The number of nitrogens with zero attached hydrogens (tertiary/aromatic N) is 1. The molecule has 1 rings (SSSR count). The fourth-order valence-corrected chi connectivity index (χ4v) is 3.00. The fraction of sp³-hybridized carbons (Fsp3) is 0.714. The number of carbonyl (C=O) groups is 1. The summed E-state index contributed by atoms with van der Waals surface area (Å²) in [6.07, 6.45) is 0. The molecule has 0 saturated carbocycles. The van der Waals surface area contributed by atoms with Crippen LogP contribution in [0.1, 0.15) is 13.8 Å². The Bertz CT molecular complexity index is 217. The summed E-state index contributed by atoms with van der Waals surface area (Å²) in [5.74, 6) is 0.747. The van der Waals surface area contributed by atoms with E-state index in [0.29, 0.717) is 6.04 Å². The van der Waals surface area contributed by atoms with E-state index in [9.17, 15) is 4.79 Å². The molecule has 0 aliphatic carbocycles. The Labute approximate surface area is 80.6 Å². The number of hydrogen-bond donors (Lipinski definition) is 1. The molecule has 0 aromatic rings. The monoisotopic (exact) mass is 204 g/mol. The third kappa shape index (κ3) is 2.71. The van der Waals surface area contributed by atoms with Gasteiger partial charge in [-0.2, -0.15) is 0 Å². The van der Waals surface area contributed by atoms with E-state index in [0.717, 1.165) is 10.1 Å². The van der Waals surface area contributed by atoms with Crippen molar-refractivity contribution in [3.05, 3.63) is 0 Å². The third-order valence-electron chi connectivity index (χ3n) is 1.45. The van der Waals surface area contributed by atoms with Crippen LogP contribution in [0.25, 0.3) is 0 Å². The van der Waals surface area contributed by atoms with Gasteiger partial charge in [0.05, 0.1) is 11.3 Å². The molecule has 0 bridgehead atoms. The number of primary amides is 1. The Hall–Kier alpha value is -0.160. The second-order valence-electron chi connectivity index (χ2n) is 2.72. The SMILES string of the molecule is CC1CSC(SC(C)C(N)=O)=N1. The van der Waals surface area contributed by atoms with Crippen molar-refractivity contribution in [3.63, 3.8) is 0 Å². The maximum Gasteiger partial charge on any atom is 0.230 e. The van der Waals surface area contributed by atoms with Crippen molar-refractivity contribution < 1.29 is 4.79 Å². The van der Waals surface area contributed by atoms with E-state index in [2.05, 4.69) is 11.9 Å². The average molecular weight is 204 g/mol. The minimum atomic E-state index is -0.275. The van der Waals surface area contributed by atoms with Gasteiger partial charge in [-0.15, -0.1) is 0 Å². The lowest BCUT2D eigenvalue weighted by atomic mass is 10.4. The first kappa shape index (κ1) is 9.92. The highest BCUT2D eigenvalue weighted by atomic mass is 32.2. The van der Waals surface area contributed by atoms with Gasteiger partial charge in [0.2, 0.25) is 5.91 Å². The van der Waals surface area contributed by atoms with Gasteiger partial charge in [-0.1, -0.05) is 23.5 Å². The van der Waals surface area contributed by atoms with Crippen molar-refractivity contribution in [2.24, 2.45) is 10.7 Å². The Morgan fingerprint density at radius 3 is 3.00 bits per heavy atom. The number of thioether (sulfide) groups is 2. The number of carbonyl (C=O) groups excluding carboxylic acids is 1. The van der Waals surface area contributed by atoms with Crippen molar-refractivity contribution in [1.29, 1.82) is 0 Å². The lowest BCUT2D eigenvalue weighted by Crippen LogP contribution is -2.23. The smallest absolute Gasteiger partial charge is 0.230 e. The van der Waals surface area contributed by atoms with Crippen molar-refractivity contribution in [2.75, 3.05) is 5.75 Å². The zero-order valence-corrected chi connectivity index (χ0v) is 8.74. The quantitative estimate of drug-likeness (QED) is 0.732. The molecule has 12 heavy (non-hydrogen) atoms. The van der Waals surface area contributed by atoms with Crippen molar-refractivity contribution in [1.82, 2.24) is 0 Å². The fourth-order valence-electron chi connectivity index (χ4n) is 0.720. The number of amides is 1. The average Bonchev–Trinajstić information content (AvgIpc) is 2.35. The highest BCUT2D eigenvalue weighted by Gasteiger charge is 2.19. The van der Waals surface area contributed by atoms with Crippen LogP contribution in [0.3, 0.4) is 0 Å². The van der Waals surface area contributed by atoms with Gasteiger partial charge in [0.25, 0.3) is 0 Å². The van der Waals surface area contributed by atoms with Gasteiger partial charge >= 0.3 is 0 Å². The maximum atomic E-state index is 10.7. The molecule has 0 aromatic heterocycles. The molecule has 1 heterocycles. The van der Waals surface area contributed by atoms with Crippen molar-refractivity contribution in [2.45, 2.75) is 25.1 Å². The normalized spacial score (nSPS) is 25.2.